The number of ether oxygens (including phenoxy) is 2. The summed E-state index contributed by atoms with van der Waals surface area (Å²) in [5.41, 5.74) is 3.51. The van der Waals surface area contributed by atoms with Gasteiger partial charge in [0, 0.05) is 41.9 Å². The van der Waals surface area contributed by atoms with Crippen molar-refractivity contribution in [1.82, 2.24) is 14.9 Å². The first kappa shape index (κ1) is 24.8. The number of benzene rings is 1. The predicted molar refractivity (Wildman–Crippen MR) is 134 cm³/mol. The second-order valence-electron chi connectivity index (χ2n) is 8.54. The average Bonchev–Trinajstić information content (AvgIpc) is 3.29. The molecule has 0 radical (unpaired) electrons. The smallest absolute Gasteiger partial charge is 0.338 e. The molecule has 1 unspecified atom stereocenters. The third-order valence-electron chi connectivity index (χ3n) is 5.77. The zero-order chi connectivity index (χ0) is 23.9. The molecule has 0 amide bonds. The van der Waals surface area contributed by atoms with Crippen LogP contribution >= 0.6 is 22.9 Å². The number of thiazole rings is 1. The summed E-state index contributed by atoms with van der Waals surface area (Å²) in [6, 6.07) is 11.4. The molecule has 34 heavy (non-hydrogen) atoms. The van der Waals surface area contributed by atoms with E-state index >= 15 is 0 Å². The Labute approximate surface area is 209 Å². The number of likely N-dealkylation sites (tertiary alicyclic amines) is 1. The topological polar surface area (TPSA) is 64.5 Å². The number of esters is 1. The Morgan fingerprint density at radius 1 is 1.24 bits per heavy atom. The van der Waals surface area contributed by atoms with Gasteiger partial charge in [0.25, 0.3) is 0 Å². The Morgan fingerprint density at radius 3 is 2.68 bits per heavy atom. The lowest BCUT2D eigenvalue weighted by molar-refractivity contribution is -0.0283. The molecule has 180 valence electrons. The summed E-state index contributed by atoms with van der Waals surface area (Å²) in [6.45, 7) is 6.93. The van der Waals surface area contributed by atoms with Gasteiger partial charge in [-0.05, 0) is 56.0 Å². The van der Waals surface area contributed by atoms with E-state index in [-0.39, 0.29) is 18.2 Å². The molecule has 1 aliphatic heterocycles. The molecule has 1 aliphatic rings. The predicted octanol–water partition coefficient (Wildman–Crippen LogP) is 5.84. The van der Waals surface area contributed by atoms with Crippen LogP contribution < -0.4 is 0 Å². The van der Waals surface area contributed by atoms with Gasteiger partial charge in [-0.15, -0.1) is 11.3 Å². The van der Waals surface area contributed by atoms with E-state index in [0.29, 0.717) is 23.7 Å². The van der Waals surface area contributed by atoms with Crippen molar-refractivity contribution in [3.8, 4) is 0 Å². The van der Waals surface area contributed by atoms with Crippen LogP contribution in [0, 0.1) is 6.92 Å². The average molecular weight is 500 g/mol. The van der Waals surface area contributed by atoms with Crippen molar-refractivity contribution in [2.45, 2.75) is 51.9 Å². The quantitative estimate of drug-likeness (QED) is 0.345. The third-order valence-corrected chi connectivity index (χ3v) is 7.03. The Hall–Kier alpha value is -2.32. The standard InChI is InChI=1S/C26H30ClN3O3S/c1-3-14-32-26(31)20-8-11-28-22(15-20)16-30-12-9-23(10-13-30)33-24(25-29-18(2)17-34-25)19-4-6-21(27)7-5-19/h4-8,11,15,17,23-24H,3,9-10,12-14,16H2,1-2H3. The number of pyridine rings is 1. The fraction of sp³-hybridized carbons (Fsp3) is 0.423. The van der Waals surface area contributed by atoms with Gasteiger partial charge in [-0.1, -0.05) is 30.7 Å². The first-order chi connectivity index (χ1) is 16.5. The highest BCUT2D eigenvalue weighted by Gasteiger charge is 2.26. The summed E-state index contributed by atoms with van der Waals surface area (Å²) in [5, 5.41) is 3.74. The number of nitrogens with zero attached hydrogens (tertiary/aromatic N) is 3. The van der Waals surface area contributed by atoms with Crippen molar-refractivity contribution >= 4 is 28.9 Å². The Kier molecular flexibility index (Phi) is 8.67. The van der Waals surface area contributed by atoms with Crippen LogP contribution in [0.25, 0.3) is 0 Å². The van der Waals surface area contributed by atoms with Gasteiger partial charge in [0.2, 0.25) is 0 Å². The fourth-order valence-corrected chi connectivity index (χ4v) is 4.99. The number of carbonyl (C=O) groups excluding carboxylic acids is 1. The monoisotopic (exact) mass is 499 g/mol. The highest BCUT2D eigenvalue weighted by molar-refractivity contribution is 7.09. The number of aryl methyl sites for hydroxylation is 1. The van der Waals surface area contributed by atoms with Crippen LogP contribution in [0.3, 0.4) is 0 Å². The maximum absolute atomic E-state index is 12.2. The highest BCUT2D eigenvalue weighted by Crippen LogP contribution is 2.32. The maximum Gasteiger partial charge on any atom is 0.338 e. The molecule has 8 heteroatoms. The summed E-state index contributed by atoms with van der Waals surface area (Å²) in [5.74, 6) is -0.289. The van der Waals surface area contributed by atoms with E-state index in [9.17, 15) is 4.79 Å². The van der Waals surface area contributed by atoms with Crippen LogP contribution in [0.5, 0.6) is 0 Å². The normalized spacial score (nSPS) is 15.9. The molecule has 3 aromatic rings. The molecule has 2 aromatic heterocycles. The van der Waals surface area contributed by atoms with Crippen molar-refractivity contribution in [2.75, 3.05) is 19.7 Å². The van der Waals surface area contributed by atoms with Gasteiger partial charge < -0.3 is 9.47 Å². The molecule has 0 N–H and O–H groups in total. The Balaban J connectivity index is 1.35. The molecule has 0 aliphatic carbocycles. The fourth-order valence-electron chi connectivity index (χ4n) is 4.00. The minimum absolute atomic E-state index is 0.143. The minimum atomic E-state index is -0.289. The van der Waals surface area contributed by atoms with Gasteiger partial charge in [0.1, 0.15) is 11.1 Å². The van der Waals surface area contributed by atoms with Crippen molar-refractivity contribution in [2.24, 2.45) is 0 Å². The van der Waals surface area contributed by atoms with Crippen LogP contribution in [0.1, 0.15) is 64.6 Å². The molecule has 0 bridgehead atoms. The first-order valence-electron chi connectivity index (χ1n) is 11.7. The summed E-state index contributed by atoms with van der Waals surface area (Å²) < 4.78 is 11.9. The largest absolute Gasteiger partial charge is 0.462 e. The summed E-state index contributed by atoms with van der Waals surface area (Å²) in [4.78, 5) is 23.7. The molecule has 0 spiro atoms. The van der Waals surface area contributed by atoms with Crippen LogP contribution in [-0.2, 0) is 16.0 Å². The highest BCUT2D eigenvalue weighted by atomic mass is 35.5. The van der Waals surface area contributed by atoms with E-state index in [1.807, 2.05) is 44.2 Å². The molecule has 6 nitrogen and oxygen atoms in total. The van der Waals surface area contributed by atoms with Crippen LogP contribution in [0.4, 0.5) is 0 Å². The second kappa shape index (κ2) is 11.9. The number of aromatic nitrogens is 2. The molecule has 4 rings (SSSR count). The van der Waals surface area contributed by atoms with Gasteiger partial charge in [-0.2, -0.15) is 0 Å². The molecule has 3 heterocycles. The minimum Gasteiger partial charge on any atom is -0.462 e. The lowest BCUT2D eigenvalue weighted by Gasteiger charge is -2.33. The number of piperidine rings is 1. The molecule has 1 saturated heterocycles. The van der Waals surface area contributed by atoms with E-state index in [2.05, 4.69) is 15.3 Å². The number of hydrogen-bond acceptors (Lipinski definition) is 7. The lowest BCUT2D eigenvalue weighted by Crippen LogP contribution is -2.37. The Bertz CT molecular complexity index is 1080. The summed E-state index contributed by atoms with van der Waals surface area (Å²) in [6.07, 6.45) is 4.28. The van der Waals surface area contributed by atoms with E-state index in [0.717, 1.165) is 54.3 Å². The lowest BCUT2D eigenvalue weighted by atomic mass is 10.1. The van der Waals surface area contributed by atoms with E-state index in [1.54, 1.807) is 23.6 Å². The van der Waals surface area contributed by atoms with Gasteiger partial charge in [-0.25, -0.2) is 9.78 Å². The molecule has 1 fully saturated rings. The maximum atomic E-state index is 12.2. The molecule has 0 saturated carbocycles. The second-order valence-corrected chi connectivity index (χ2v) is 9.87. The molecular formula is C26H30ClN3O3S. The van der Waals surface area contributed by atoms with Crippen molar-refractivity contribution in [3.63, 3.8) is 0 Å². The number of halogens is 1. The van der Waals surface area contributed by atoms with Crippen LogP contribution in [0.2, 0.25) is 5.02 Å². The van der Waals surface area contributed by atoms with Gasteiger partial charge in [-0.3, -0.25) is 9.88 Å². The number of carbonyl (C=O) groups is 1. The first-order valence-corrected chi connectivity index (χ1v) is 12.9. The summed E-state index contributed by atoms with van der Waals surface area (Å²) >= 11 is 7.73. The van der Waals surface area contributed by atoms with Gasteiger partial charge >= 0.3 is 5.97 Å². The van der Waals surface area contributed by atoms with Crippen molar-refractivity contribution in [3.05, 3.63) is 80.5 Å². The zero-order valence-corrected chi connectivity index (χ0v) is 21.1. The van der Waals surface area contributed by atoms with Gasteiger partial charge in [0.05, 0.1) is 24.0 Å². The van der Waals surface area contributed by atoms with E-state index < -0.39 is 0 Å². The molecule has 1 atom stereocenters. The molecule has 1 aromatic carbocycles. The van der Waals surface area contributed by atoms with E-state index in [1.165, 1.54) is 0 Å². The van der Waals surface area contributed by atoms with Crippen LogP contribution in [0.15, 0.2) is 48.0 Å². The summed E-state index contributed by atoms with van der Waals surface area (Å²) in [7, 11) is 0. The number of hydrogen-bond donors (Lipinski definition) is 0. The van der Waals surface area contributed by atoms with Crippen molar-refractivity contribution < 1.29 is 14.3 Å². The van der Waals surface area contributed by atoms with E-state index in [4.69, 9.17) is 26.1 Å². The van der Waals surface area contributed by atoms with Crippen molar-refractivity contribution in [1.29, 1.82) is 0 Å². The SMILES string of the molecule is CCCOC(=O)c1ccnc(CN2CCC(OC(c3ccc(Cl)cc3)c3nc(C)cs3)CC2)c1. The third kappa shape index (κ3) is 6.63. The van der Waals surface area contributed by atoms with Gasteiger partial charge in [0.15, 0.2) is 0 Å². The van der Waals surface area contributed by atoms with Crippen LogP contribution in [-0.4, -0.2) is 46.6 Å². The Morgan fingerprint density at radius 2 is 2.00 bits per heavy atom. The zero-order valence-electron chi connectivity index (χ0n) is 19.6. The number of rotatable bonds is 9. The molecular weight excluding hydrogens is 470 g/mol.